The number of likely N-dealkylation sites (N-methyl/N-ethyl adjacent to an activating group) is 6. The first-order valence-corrected chi connectivity index (χ1v) is 38.9. The monoisotopic (exact) mass is 1540 g/mol. The molecule has 0 aromatic heterocycles. The largest absolute Gasteiger partial charge is 0.397 e. The van der Waals surface area contributed by atoms with Crippen LogP contribution in [0.15, 0.2) is 12.2 Å². The number of carbonyl (C=O) groups is 12. The van der Waals surface area contributed by atoms with E-state index < -0.39 is 230 Å². The summed E-state index contributed by atoms with van der Waals surface area (Å²) in [6.45, 7) is 5.56. The van der Waals surface area contributed by atoms with Crippen LogP contribution in [0.1, 0.15) is 182 Å². The van der Waals surface area contributed by atoms with Crippen LogP contribution in [0.25, 0.3) is 0 Å². The highest BCUT2D eigenvalue weighted by atomic mass is 19.4. The van der Waals surface area contributed by atoms with Crippen LogP contribution in [0.5, 0.6) is 0 Å². The summed E-state index contributed by atoms with van der Waals surface area (Å²) >= 11 is 0. The number of halogens is 8. The SMILES string of the molecule is CCO[C@@H]1C[C@H]2C(=O)NC3(CCC3)C(=O)N(C)[C@@H](C3CCCC3)C(=O)N(C)[C@H](C(=O)N3CCCC3)CC(=O)N(C)[C@@H](CC)C(=O)N[C@@H]([C@@H](C)CC)C(=O)N(C)CC(=O)N(C)[C@H]3C/C=C\CCN(C3=O)[C@@H](CC3CCC(C(F)(F)F)CC3)C(=O)N(C)CC(=O)N[C@@H](CCC3CC(F)C(C(F)(F)F)C(F)C3)C(=O)N2C1. The van der Waals surface area contributed by atoms with Crippen LogP contribution in [-0.4, -0.2) is 288 Å². The third kappa shape index (κ3) is 20.3. The molecule has 33 heteroatoms. The summed E-state index contributed by atoms with van der Waals surface area (Å²) in [5.41, 5.74) is -1.68. The van der Waals surface area contributed by atoms with Crippen LogP contribution >= 0.6 is 0 Å². The Morgan fingerprint density at radius 3 is 1.81 bits per heavy atom. The number of hydrogen-bond donors (Lipinski definition) is 3. The van der Waals surface area contributed by atoms with Gasteiger partial charge in [0.15, 0.2) is 0 Å². The van der Waals surface area contributed by atoms with E-state index in [1.54, 1.807) is 44.7 Å². The molecule has 8 aliphatic rings. The number of hydrogen-bond acceptors (Lipinski definition) is 13. The molecule has 3 N–H and O–H groups in total. The summed E-state index contributed by atoms with van der Waals surface area (Å²) in [4.78, 5) is 192. The Kier molecular flexibility index (Phi) is 29.8. The van der Waals surface area contributed by atoms with Crippen LogP contribution < -0.4 is 16.0 Å². The average molecular weight is 1540 g/mol. The fourth-order valence-electron chi connectivity index (χ4n) is 17.6. The second-order valence-electron chi connectivity index (χ2n) is 31.7. The van der Waals surface area contributed by atoms with Gasteiger partial charge in [-0.3, -0.25) is 57.5 Å². The van der Waals surface area contributed by atoms with Crippen molar-refractivity contribution in [2.75, 3.05) is 88.2 Å². The second-order valence-corrected chi connectivity index (χ2v) is 31.7. The zero-order chi connectivity index (χ0) is 79.6. The predicted molar refractivity (Wildman–Crippen MR) is 379 cm³/mol. The lowest BCUT2D eigenvalue weighted by Crippen LogP contribution is -2.68. The topological polar surface area (TPSA) is 279 Å². The van der Waals surface area contributed by atoms with Crippen LogP contribution in [0.4, 0.5) is 35.1 Å². The molecule has 2 unspecified atom stereocenters. The smallest absolute Gasteiger partial charge is 0.377 e. The van der Waals surface area contributed by atoms with Gasteiger partial charge in [-0.1, -0.05) is 52.2 Å². The molecular weight excluding hydrogens is 1430 g/mol. The molecule has 4 aliphatic heterocycles. The standard InChI is InChI=1S/C75H114F8N12O13/c1-11-44(4)62-70(105)88(6)43-60(98)90(8)54-24-15-14-18-35-94(69(54)104)57(38-45-25-28-48(29-26-45)74(78,79)80)67(102)87(5)42-58(96)84-52(30-27-46-36-50(76)61(51(77)37-46)75(81,82)83)66(101)95-41-49(108-13-3)39-55(95)65(100)86-73(31-21-32-73)72(107)92(10)63(47-22-16-17-23-47)71(106)91(9)56(68(103)93-33-19-20-34-93)40-59(97)89(7)53(12-2)64(99)85-62/h14-15,44-57,61-63H,11-13,16-43H2,1-10H3,(H,84,96)(H,85,99)(H,86,100)/b15-14-/t44-,45?,46?,48?,49+,50?,51?,52-,53-,54-,55-,56-,57-,61?,62-,63-/m0/s1. The van der Waals surface area contributed by atoms with E-state index in [0.717, 1.165) is 24.5 Å². The van der Waals surface area contributed by atoms with E-state index in [1.807, 2.05) is 0 Å². The Balaban J connectivity index is 1.19. The predicted octanol–water partition coefficient (Wildman–Crippen LogP) is 6.25. The number of nitrogens with one attached hydrogen (secondary N) is 3. The Morgan fingerprint density at radius 2 is 1.24 bits per heavy atom. The quantitative estimate of drug-likeness (QED) is 0.144. The van der Waals surface area contributed by atoms with Gasteiger partial charge in [0.1, 0.15) is 72.1 Å². The van der Waals surface area contributed by atoms with Crippen molar-refractivity contribution < 1.29 is 97.4 Å². The molecule has 4 saturated carbocycles. The number of fused-ring (bicyclic) bond motifs is 3. The van der Waals surface area contributed by atoms with Crippen molar-refractivity contribution in [3.8, 4) is 0 Å². The van der Waals surface area contributed by atoms with Gasteiger partial charge in [0.2, 0.25) is 70.9 Å². The average Bonchev–Trinajstić information content (AvgIpc) is 1.21. The van der Waals surface area contributed by atoms with E-state index in [1.165, 1.54) is 57.0 Å². The lowest BCUT2D eigenvalue weighted by Gasteiger charge is -2.46. The van der Waals surface area contributed by atoms with E-state index in [9.17, 15) is 55.1 Å². The minimum Gasteiger partial charge on any atom is -0.377 e. The van der Waals surface area contributed by atoms with E-state index in [4.69, 9.17) is 4.74 Å². The van der Waals surface area contributed by atoms with Crippen LogP contribution in [0.3, 0.4) is 0 Å². The molecule has 25 nitrogen and oxygen atoms in total. The highest BCUT2D eigenvalue weighted by Gasteiger charge is 2.56. The highest BCUT2D eigenvalue weighted by molar-refractivity contribution is 6.01. The molecule has 0 aromatic carbocycles. The minimum absolute atomic E-state index is 0.00247. The molecule has 108 heavy (non-hydrogen) atoms. The van der Waals surface area contributed by atoms with Gasteiger partial charge in [0.25, 0.3) is 0 Å². The van der Waals surface area contributed by atoms with E-state index in [0.29, 0.717) is 64.5 Å². The summed E-state index contributed by atoms with van der Waals surface area (Å²) in [7, 11) is 8.05. The van der Waals surface area contributed by atoms with Crippen LogP contribution in [-0.2, 0) is 62.3 Å². The number of rotatable bonds is 12. The summed E-state index contributed by atoms with van der Waals surface area (Å²) in [5.74, 6) is -16.5. The molecule has 2 bridgehead atoms. The molecule has 0 aromatic rings. The minimum atomic E-state index is -5.22. The Hall–Kier alpha value is -7.22. The maximum atomic E-state index is 15.6. The lowest BCUT2D eigenvalue weighted by molar-refractivity contribution is -0.219. The van der Waals surface area contributed by atoms with Gasteiger partial charge in [-0.05, 0) is 153 Å². The van der Waals surface area contributed by atoms with Gasteiger partial charge in [-0.15, -0.1) is 0 Å². The number of amides is 12. The van der Waals surface area contributed by atoms with Gasteiger partial charge >= 0.3 is 12.4 Å². The first kappa shape index (κ1) is 86.4. The van der Waals surface area contributed by atoms with Crippen molar-refractivity contribution >= 4 is 70.9 Å². The normalized spacial score (nSPS) is 32.7. The summed E-state index contributed by atoms with van der Waals surface area (Å²) < 4.78 is 121. The summed E-state index contributed by atoms with van der Waals surface area (Å²) in [6.07, 6.45) is -11.8. The van der Waals surface area contributed by atoms with Crippen molar-refractivity contribution in [2.24, 2.45) is 35.5 Å². The number of ether oxygens (including phenoxy) is 1. The molecule has 12 amide bonds. The van der Waals surface area contributed by atoms with E-state index in [-0.39, 0.29) is 96.7 Å². The van der Waals surface area contributed by atoms with Gasteiger partial charge in [0, 0.05) is 81.5 Å². The highest BCUT2D eigenvalue weighted by Crippen LogP contribution is 2.46. The first-order valence-electron chi connectivity index (χ1n) is 38.9. The van der Waals surface area contributed by atoms with Gasteiger partial charge in [-0.25, -0.2) is 8.78 Å². The molecule has 8 rings (SSSR count). The van der Waals surface area contributed by atoms with Crippen molar-refractivity contribution in [1.82, 2.24) is 60.0 Å². The fraction of sp³-hybridized carbons (Fsp3) is 0.813. The first-order chi connectivity index (χ1) is 50.9. The zero-order valence-corrected chi connectivity index (χ0v) is 64.2. The fourth-order valence-corrected chi connectivity index (χ4v) is 17.6. The molecule has 608 valence electrons. The van der Waals surface area contributed by atoms with E-state index >= 15 is 37.5 Å². The van der Waals surface area contributed by atoms with Crippen molar-refractivity contribution in [1.29, 1.82) is 0 Å². The summed E-state index contributed by atoms with van der Waals surface area (Å²) in [5, 5.41) is 8.40. The summed E-state index contributed by atoms with van der Waals surface area (Å²) in [6, 6.07) is -11.3. The molecule has 12 atom stereocenters. The Labute approximate surface area is 628 Å². The third-order valence-corrected chi connectivity index (χ3v) is 24.6. The number of likely N-dealkylation sites (tertiary alicyclic amines) is 1. The van der Waals surface area contributed by atoms with Gasteiger partial charge in [-0.2, -0.15) is 26.3 Å². The molecule has 4 heterocycles. The number of carbonyl (C=O) groups excluding carboxylic acids is 12. The van der Waals surface area contributed by atoms with Gasteiger partial charge in [0.05, 0.1) is 31.5 Å². The van der Waals surface area contributed by atoms with Crippen molar-refractivity contribution in [2.45, 2.75) is 266 Å². The van der Waals surface area contributed by atoms with Crippen LogP contribution in [0.2, 0.25) is 0 Å². The van der Waals surface area contributed by atoms with Crippen molar-refractivity contribution in [3.63, 3.8) is 0 Å². The number of nitrogens with zero attached hydrogens (tertiary/aromatic N) is 9. The van der Waals surface area contributed by atoms with Crippen LogP contribution in [0, 0.1) is 35.5 Å². The maximum absolute atomic E-state index is 15.6. The number of alkyl halides is 8. The molecule has 4 aliphatic carbocycles. The molecule has 7 fully saturated rings. The van der Waals surface area contributed by atoms with Crippen molar-refractivity contribution in [3.05, 3.63) is 12.2 Å². The Bertz CT molecular complexity index is 3240. The molecule has 0 radical (unpaired) electrons. The molecular formula is C75H114F8N12O13. The van der Waals surface area contributed by atoms with Gasteiger partial charge < -0.3 is 64.8 Å². The molecule has 3 saturated heterocycles. The Morgan fingerprint density at radius 1 is 0.611 bits per heavy atom. The zero-order valence-electron chi connectivity index (χ0n) is 64.2. The third-order valence-electron chi connectivity index (χ3n) is 24.6. The lowest BCUT2D eigenvalue weighted by atomic mass is 9.74. The second kappa shape index (κ2) is 37.2. The maximum Gasteiger partial charge on any atom is 0.397 e. The van der Waals surface area contributed by atoms with E-state index in [2.05, 4.69) is 16.0 Å². The molecule has 1 spiro atoms.